The third-order valence-electron chi connectivity index (χ3n) is 4.57. The zero-order chi connectivity index (χ0) is 16.3. The summed E-state index contributed by atoms with van der Waals surface area (Å²) in [5.74, 6) is 1.82. The number of rotatable bonds is 7. The van der Waals surface area contributed by atoms with E-state index in [1.54, 1.807) is 14.2 Å². The van der Waals surface area contributed by atoms with Crippen LogP contribution in [0.3, 0.4) is 0 Å². The van der Waals surface area contributed by atoms with E-state index >= 15 is 0 Å². The van der Waals surface area contributed by atoms with Gasteiger partial charge >= 0.3 is 0 Å². The second kappa shape index (κ2) is 7.01. The summed E-state index contributed by atoms with van der Waals surface area (Å²) in [7, 11) is 3.08. The summed E-state index contributed by atoms with van der Waals surface area (Å²) in [5, 5.41) is 1.90. The molecule has 0 aliphatic rings. The maximum absolute atomic E-state index is 5.68. The van der Waals surface area contributed by atoms with E-state index < -0.39 is 0 Å². The Morgan fingerprint density at radius 2 is 1.43 bits per heavy atom. The van der Waals surface area contributed by atoms with Crippen LogP contribution in [0.5, 0.6) is 11.5 Å². The van der Waals surface area contributed by atoms with Crippen molar-refractivity contribution in [2.45, 2.75) is 64.7 Å². The largest absolute Gasteiger partial charge is 0.497 e. The van der Waals surface area contributed by atoms with Crippen molar-refractivity contribution in [1.29, 1.82) is 0 Å². The smallest absolute Gasteiger partial charge is 0.130 e. The standard InChI is InChI=1S/C18H31O2P/c1-9-17(3,4)21(18(5,6)10-2)16-12-11-14(19-7)13-15(16)20-8/h11-13H,9-10H2,1-8H3. The molecule has 21 heavy (non-hydrogen) atoms. The second-order valence-electron chi connectivity index (χ2n) is 6.71. The Kier molecular flexibility index (Phi) is 6.11. The fraction of sp³-hybridized carbons (Fsp3) is 0.667. The minimum atomic E-state index is -0.367. The third-order valence-corrected chi connectivity index (χ3v) is 8.47. The van der Waals surface area contributed by atoms with Crippen LogP contribution in [0.25, 0.3) is 0 Å². The molecule has 0 amide bonds. The molecule has 0 aromatic heterocycles. The lowest BCUT2D eigenvalue weighted by atomic mass is 10.1. The Hall–Kier alpha value is -0.750. The van der Waals surface area contributed by atoms with Gasteiger partial charge in [0.1, 0.15) is 11.5 Å². The van der Waals surface area contributed by atoms with Crippen molar-refractivity contribution in [1.82, 2.24) is 0 Å². The molecule has 2 nitrogen and oxygen atoms in total. The molecule has 0 fully saturated rings. The number of hydrogen-bond donors (Lipinski definition) is 0. The van der Waals surface area contributed by atoms with Crippen LogP contribution in [0.4, 0.5) is 0 Å². The fourth-order valence-electron chi connectivity index (χ4n) is 2.76. The van der Waals surface area contributed by atoms with Gasteiger partial charge < -0.3 is 9.47 Å². The molecular weight excluding hydrogens is 279 g/mol. The van der Waals surface area contributed by atoms with Crippen LogP contribution in [-0.4, -0.2) is 24.5 Å². The molecule has 0 N–H and O–H groups in total. The van der Waals surface area contributed by atoms with E-state index in [0.717, 1.165) is 24.3 Å². The van der Waals surface area contributed by atoms with Crippen LogP contribution in [0.2, 0.25) is 0 Å². The maximum atomic E-state index is 5.68. The van der Waals surface area contributed by atoms with Crippen LogP contribution in [0.1, 0.15) is 54.4 Å². The van der Waals surface area contributed by atoms with E-state index in [1.807, 2.05) is 6.07 Å². The van der Waals surface area contributed by atoms with E-state index in [-0.39, 0.29) is 18.2 Å². The Labute approximate surface area is 132 Å². The predicted molar refractivity (Wildman–Crippen MR) is 94.8 cm³/mol. The first-order chi connectivity index (χ1) is 9.73. The molecule has 0 saturated carbocycles. The van der Waals surface area contributed by atoms with Gasteiger partial charge in [-0.25, -0.2) is 0 Å². The molecule has 1 rings (SSSR count). The number of ether oxygens (including phenoxy) is 2. The SMILES string of the molecule is CCC(C)(C)P(c1ccc(OC)cc1OC)C(C)(C)CC. The lowest BCUT2D eigenvalue weighted by Gasteiger charge is -2.45. The van der Waals surface area contributed by atoms with Gasteiger partial charge in [-0.1, -0.05) is 49.5 Å². The van der Waals surface area contributed by atoms with Gasteiger partial charge in [-0.3, -0.25) is 0 Å². The van der Waals surface area contributed by atoms with E-state index in [1.165, 1.54) is 5.30 Å². The van der Waals surface area contributed by atoms with Gasteiger partial charge in [0.05, 0.1) is 14.2 Å². The first-order valence-electron chi connectivity index (χ1n) is 7.75. The van der Waals surface area contributed by atoms with Crippen LogP contribution >= 0.6 is 7.92 Å². The van der Waals surface area contributed by atoms with Gasteiger partial charge in [-0.15, -0.1) is 0 Å². The van der Waals surface area contributed by atoms with Gasteiger partial charge in [0.15, 0.2) is 0 Å². The van der Waals surface area contributed by atoms with Crippen molar-refractivity contribution in [3.8, 4) is 11.5 Å². The van der Waals surface area contributed by atoms with Gasteiger partial charge in [-0.2, -0.15) is 0 Å². The number of methoxy groups -OCH3 is 2. The van der Waals surface area contributed by atoms with Crippen molar-refractivity contribution in [2.75, 3.05) is 14.2 Å². The van der Waals surface area contributed by atoms with Crippen molar-refractivity contribution in [2.24, 2.45) is 0 Å². The summed E-state index contributed by atoms with van der Waals surface area (Å²) in [4.78, 5) is 0. The molecule has 0 aliphatic carbocycles. The molecule has 3 heteroatoms. The van der Waals surface area contributed by atoms with E-state index in [0.29, 0.717) is 0 Å². The Morgan fingerprint density at radius 3 is 1.81 bits per heavy atom. The van der Waals surface area contributed by atoms with Gasteiger partial charge in [-0.05, 0) is 35.3 Å². The lowest BCUT2D eigenvalue weighted by molar-refractivity contribution is 0.396. The van der Waals surface area contributed by atoms with Crippen molar-refractivity contribution >= 4 is 13.2 Å². The first kappa shape index (κ1) is 18.3. The van der Waals surface area contributed by atoms with Crippen LogP contribution in [0.15, 0.2) is 18.2 Å². The minimum absolute atomic E-state index is 0.275. The van der Waals surface area contributed by atoms with Crippen molar-refractivity contribution < 1.29 is 9.47 Å². The monoisotopic (exact) mass is 310 g/mol. The molecule has 0 spiro atoms. The Balaban J connectivity index is 3.46. The fourth-order valence-corrected chi connectivity index (χ4v) is 6.93. The average Bonchev–Trinajstić information content (AvgIpc) is 2.47. The Bertz CT molecular complexity index is 450. The minimum Gasteiger partial charge on any atom is -0.497 e. The topological polar surface area (TPSA) is 18.5 Å². The van der Waals surface area contributed by atoms with E-state index in [4.69, 9.17) is 9.47 Å². The van der Waals surface area contributed by atoms with Gasteiger partial charge in [0.25, 0.3) is 0 Å². The zero-order valence-corrected chi connectivity index (χ0v) is 15.8. The van der Waals surface area contributed by atoms with Crippen molar-refractivity contribution in [3.63, 3.8) is 0 Å². The van der Waals surface area contributed by atoms with Crippen LogP contribution in [0, 0.1) is 0 Å². The molecule has 1 aromatic carbocycles. The van der Waals surface area contributed by atoms with E-state index in [2.05, 4.69) is 53.7 Å². The molecular formula is C18H31O2P. The summed E-state index contributed by atoms with van der Waals surface area (Å²) in [5.41, 5.74) is 0. The quantitative estimate of drug-likeness (QED) is 0.645. The highest BCUT2D eigenvalue weighted by molar-refractivity contribution is 7.68. The molecule has 0 aliphatic heterocycles. The van der Waals surface area contributed by atoms with Crippen LogP contribution in [-0.2, 0) is 0 Å². The molecule has 0 heterocycles. The van der Waals surface area contributed by atoms with Gasteiger partial charge in [0.2, 0.25) is 0 Å². The molecule has 0 saturated heterocycles. The summed E-state index contributed by atoms with van der Waals surface area (Å²) in [6.45, 7) is 14.1. The Morgan fingerprint density at radius 1 is 0.905 bits per heavy atom. The maximum Gasteiger partial charge on any atom is 0.130 e. The highest BCUT2D eigenvalue weighted by atomic mass is 31.1. The predicted octanol–water partition coefficient (Wildman–Crippen LogP) is 5.19. The summed E-state index contributed by atoms with van der Waals surface area (Å²) in [6.07, 6.45) is 2.33. The van der Waals surface area contributed by atoms with E-state index in [9.17, 15) is 0 Å². The molecule has 0 radical (unpaired) electrons. The molecule has 0 bridgehead atoms. The number of hydrogen-bond acceptors (Lipinski definition) is 2. The summed E-state index contributed by atoms with van der Waals surface area (Å²) >= 11 is 0. The second-order valence-corrected chi connectivity index (χ2v) is 10.3. The summed E-state index contributed by atoms with van der Waals surface area (Å²) < 4.78 is 11.0. The molecule has 120 valence electrons. The molecule has 1 aromatic rings. The third kappa shape index (κ3) is 3.92. The van der Waals surface area contributed by atoms with Crippen molar-refractivity contribution in [3.05, 3.63) is 18.2 Å². The average molecular weight is 310 g/mol. The highest BCUT2D eigenvalue weighted by Gasteiger charge is 2.40. The zero-order valence-electron chi connectivity index (χ0n) is 14.9. The number of benzene rings is 1. The molecule has 0 unspecified atom stereocenters. The molecule has 0 atom stereocenters. The lowest BCUT2D eigenvalue weighted by Crippen LogP contribution is -2.35. The normalized spacial score (nSPS) is 12.6. The van der Waals surface area contributed by atoms with Crippen LogP contribution < -0.4 is 14.8 Å². The first-order valence-corrected chi connectivity index (χ1v) is 9.10. The van der Waals surface area contributed by atoms with Gasteiger partial charge in [0, 0.05) is 11.4 Å². The highest BCUT2D eigenvalue weighted by Crippen LogP contribution is 2.62. The summed E-state index contributed by atoms with van der Waals surface area (Å²) in [6, 6.07) is 6.28.